The van der Waals surface area contributed by atoms with E-state index < -0.39 is 17.4 Å². The average molecular weight is 376 g/mol. The Morgan fingerprint density at radius 1 is 1.42 bits per heavy atom. The zero-order valence-corrected chi connectivity index (χ0v) is 15.2. The van der Waals surface area contributed by atoms with Crippen molar-refractivity contribution in [3.05, 3.63) is 27.6 Å². The van der Waals surface area contributed by atoms with E-state index in [2.05, 4.69) is 14.9 Å². The van der Waals surface area contributed by atoms with E-state index in [0.29, 0.717) is 48.5 Å². The maximum atomic E-state index is 12.1. The van der Waals surface area contributed by atoms with Crippen LogP contribution >= 0.6 is 11.3 Å². The number of piperidine rings is 1. The third-order valence-corrected chi connectivity index (χ3v) is 6.73. The van der Waals surface area contributed by atoms with Gasteiger partial charge in [-0.2, -0.15) is 0 Å². The molecule has 2 saturated heterocycles. The van der Waals surface area contributed by atoms with E-state index in [0.717, 1.165) is 0 Å². The molecule has 4 rings (SSSR count). The summed E-state index contributed by atoms with van der Waals surface area (Å²) in [6.45, 7) is 1.83. The normalized spacial score (nSPS) is 23.2. The summed E-state index contributed by atoms with van der Waals surface area (Å²) in [6, 6.07) is 1.83. The maximum Gasteiger partial charge on any atom is 0.309 e. The first-order valence-electron chi connectivity index (χ1n) is 8.59. The van der Waals surface area contributed by atoms with Gasteiger partial charge in [0.05, 0.1) is 23.5 Å². The number of aliphatic carboxylic acids is 1. The fourth-order valence-corrected chi connectivity index (χ4v) is 5.02. The molecule has 8 nitrogen and oxygen atoms in total. The number of aromatic amines is 1. The molecule has 2 aliphatic heterocycles. The van der Waals surface area contributed by atoms with Gasteiger partial charge in [-0.25, -0.2) is 4.98 Å². The number of nitrogens with one attached hydrogen (secondary N) is 1. The predicted octanol–water partition coefficient (Wildman–Crippen LogP) is 0.882. The Morgan fingerprint density at radius 2 is 2.15 bits per heavy atom. The van der Waals surface area contributed by atoms with Crippen molar-refractivity contribution in [3.63, 3.8) is 0 Å². The number of thiophene rings is 1. The number of carbonyl (C=O) groups is 2. The molecule has 1 spiro atoms. The lowest BCUT2D eigenvalue weighted by atomic mass is 9.77. The molecular weight excluding hydrogens is 356 g/mol. The van der Waals surface area contributed by atoms with Crippen LogP contribution in [0.3, 0.4) is 0 Å². The summed E-state index contributed by atoms with van der Waals surface area (Å²) in [5.41, 5.74) is -0.0211. The molecule has 26 heavy (non-hydrogen) atoms. The minimum absolute atomic E-state index is 0.0789. The van der Waals surface area contributed by atoms with Crippen molar-refractivity contribution in [3.8, 4) is 0 Å². The number of likely N-dealkylation sites (tertiary alicyclic amines) is 2. The van der Waals surface area contributed by atoms with E-state index in [1.165, 1.54) is 11.3 Å². The summed E-state index contributed by atoms with van der Waals surface area (Å²) in [5.74, 6) is -1.03. The number of nitrogens with zero attached hydrogens (tertiary/aromatic N) is 3. The molecule has 2 fully saturated rings. The summed E-state index contributed by atoms with van der Waals surface area (Å²) in [5, 5.41) is 11.4. The molecule has 2 aliphatic rings. The molecule has 1 amide bonds. The van der Waals surface area contributed by atoms with Gasteiger partial charge in [-0.1, -0.05) is 0 Å². The number of H-pyrrole nitrogens is 1. The van der Waals surface area contributed by atoms with E-state index in [1.807, 2.05) is 11.4 Å². The van der Waals surface area contributed by atoms with Gasteiger partial charge in [-0.15, -0.1) is 11.3 Å². The molecule has 2 aromatic heterocycles. The van der Waals surface area contributed by atoms with Crippen LogP contribution in [0.2, 0.25) is 0 Å². The first kappa shape index (κ1) is 17.2. The highest BCUT2D eigenvalue weighted by Gasteiger charge is 2.55. The molecule has 0 saturated carbocycles. The lowest BCUT2D eigenvalue weighted by molar-refractivity contribution is -0.146. The number of hydrogen-bond acceptors (Lipinski definition) is 6. The number of aromatic nitrogens is 2. The van der Waals surface area contributed by atoms with Crippen LogP contribution in [0.5, 0.6) is 0 Å². The molecule has 2 aromatic rings. The Morgan fingerprint density at radius 3 is 2.85 bits per heavy atom. The SMILES string of the molecule is CN1C(=O)C[C@@H](C(=O)O)C12CCN(Cc1nc3ccsc3c(=O)[nH]1)CC2. The van der Waals surface area contributed by atoms with Crippen LogP contribution in [0.15, 0.2) is 16.2 Å². The van der Waals surface area contributed by atoms with Crippen molar-refractivity contribution < 1.29 is 14.7 Å². The smallest absolute Gasteiger partial charge is 0.309 e. The first-order chi connectivity index (χ1) is 12.4. The van der Waals surface area contributed by atoms with Crippen LogP contribution in [0.4, 0.5) is 0 Å². The number of hydrogen-bond donors (Lipinski definition) is 2. The van der Waals surface area contributed by atoms with Crippen molar-refractivity contribution in [1.82, 2.24) is 19.8 Å². The molecule has 0 unspecified atom stereocenters. The summed E-state index contributed by atoms with van der Waals surface area (Å²) < 4.78 is 0.627. The number of carboxylic acids is 1. The van der Waals surface area contributed by atoms with Crippen molar-refractivity contribution >= 4 is 33.4 Å². The molecule has 0 radical (unpaired) electrons. The Kier molecular flexibility index (Phi) is 4.07. The molecule has 1 atom stereocenters. The van der Waals surface area contributed by atoms with Crippen LogP contribution in [-0.2, 0) is 16.1 Å². The molecule has 4 heterocycles. The molecule has 0 bridgehead atoms. The molecule has 9 heteroatoms. The van der Waals surface area contributed by atoms with Gasteiger partial charge in [0, 0.05) is 26.6 Å². The van der Waals surface area contributed by atoms with Gasteiger partial charge in [0.2, 0.25) is 5.91 Å². The molecular formula is C17H20N4O4S. The van der Waals surface area contributed by atoms with E-state index >= 15 is 0 Å². The van der Waals surface area contributed by atoms with Crippen LogP contribution in [-0.4, -0.2) is 62.4 Å². The predicted molar refractivity (Wildman–Crippen MR) is 96.0 cm³/mol. The van der Waals surface area contributed by atoms with Gasteiger partial charge in [-0.3, -0.25) is 19.3 Å². The van der Waals surface area contributed by atoms with E-state index in [9.17, 15) is 19.5 Å². The number of carbonyl (C=O) groups excluding carboxylic acids is 1. The largest absolute Gasteiger partial charge is 0.481 e. The average Bonchev–Trinajstić information content (AvgIpc) is 3.16. The number of amides is 1. The van der Waals surface area contributed by atoms with Gasteiger partial charge in [0.25, 0.3) is 5.56 Å². The summed E-state index contributed by atoms with van der Waals surface area (Å²) in [7, 11) is 1.71. The standard InChI is InChI=1S/C17H20N4O4S/c1-20-13(22)8-10(16(24)25)17(20)3-5-21(6-4-17)9-12-18-11-2-7-26-14(11)15(23)19-12/h2,7,10H,3-6,8-9H2,1H3,(H,24,25)(H,18,19,23)/t10-/m0/s1. The lowest BCUT2D eigenvalue weighted by Gasteiger charge is -2.45. The minimum Gasteiger partial charge on any atom is -0.481 e. The molecule has 138 valence electrons. The third-order valence-electron chi connectivity index (χ3n) is 5.83. The number of carboxylic acid groups (broad SMARTS) is 1. The zero-order chi connectivity index (χ0) is 18.5. The lowest BCUT2D eigenvalue weighted by Crippen LogP contribution is -2.56. The van der Waals surface area contributed by atoms with Crippen molar-refractivity contribution in [2.24, 2.45) is 5.92 Å². The van der Waals surface area contributed by atoms with Crippen LogP contribution in [0.25, 0.3) is 10.2 Å². The summed E-state index contributed by atoms with van der Waals surface area (Å²) in [6.07, 6.45) is 1.30. The van der Waals surface area contributed by atoms with Gasteiger partial charge in [0.15, 0.2) is 0 Å². The Bertz CT molecular complexity index is 928. The van der Waals surface area contributed by atoms with Crippen LogP contribution in [0.1, 0.15) is 25.1 Å². The maximum absolute atomic E-state index is 12.1. The number of rotatable bonds is 3. The highest BCUT2D eigenvalue weighted by atomic mass is 32.1. The van der Waals surface area contributed by atoms with E-state index in [4.69, 9.17) is 0 Å². The number of fused-ring (bicyclic) bond motifs is 1. The van der Waals surface area contributed by atoms with Gasteiger partial charge >= 0.3 is 5.97 Å². The van der Waals surface area contributed by atoms with Crippen LogP contribution in [0, 0.1) is 5.92 Å². The minimum atomic E-state index is -0.898. The quantitative estimate of drug-likeness (QED) is 0.824. The second-order valence-corrected chi connectivity index (χ2v) is 7.99. The first-order valence-corrected chi connectivity index (χ1v) is 9.47. The van der Waals surface area contributed by atoms with Gasteiger partial charge in [0.1, 0.15) is 10.5 Å². The van der Waals surface area contributed by atoms with Crippen molar-refractivity contribution in [1.29, 1.82) is 0 Å². The monoisotopic (exact) mass is 376 g/mol. The second-order valence-electron chi connectivity index (χ2n) is 7.08. The van der Waals surface area contributed by atoms with Crippen LogP contribution < -0.4 is 5.56 Å². The third kappa shape index (κ3) is 2.62. The van der Waals surface area contributed by atoms with E-state index in [-0.39, 0.29) is 17.9 Å². The zero-order valence-electron chi connectivity index (χ0n) is 14.4. The molecule has 2 N–H and O–H groups in total. The highest BCUT2D eigenvalue weighted by molar-refractivity contribution is 7.17. The fourth-order valence-electron chi connectivity index (χ4n) is 4.29. The molecule has 0 aliphatic carbocycles. The Balaban J connectivity index is 1.50. The second kappa shape index (κ2) is 6.17. The van der Waals surface area contributed by atoms with Crippen molar-refractivity contribution in [2.75, 3.05) is 20.1 Å². The van der Waals surface area contributed by atoms with E-state index in [1.54, 1.807) is 11.9 Å². The Labute approximate surface area is 153 Å². The van der Waals surface area contributed by atoms with Crippen molar-refractivity contribution in [2.45, 2.75) is 31.3 Å². The fraction of sp³-hybridized carbons (Fsp3) is 0.529. The highest BCUT2D eigenvalue weighted by Crippen LogP contribution is 2.42. The summed E-state index contributed by atoms with van der Waals surface area (Å²) in [4.78, 5) is 46.9. The summed E-state index contributed by atoms with van der Waals surface area (Å²) >= 11 is 1.37. The van der Waals surface area contributed by atoms with Gasteiger partial charge < -0.3 is 15.0 Å². The molecule has 0 aromatic carbocycles. The topological polar surface area (TPSA) is 107 Å². The van der Waals surface area contributed by atoms with Gasteiger partial charge in [-0.05, 0) is 24.3 Å². The Hall–Kier alpha value is -2.26.